The number of aromatic nitrogens is 1. The molecule has 0 bridgehead atoms. The number of aromatic hydroxyl groups is 1. The second-order valence-corrected chi connectivity index (χ2v) is 8.05. The van der Waals surface area contributed by atoms with Crippen molar-refractivity contribution >= 4 is 23.4 Å². The number of amides is 2. The number of rotatable bonds is 4. The van der Waals surface area contributed by atoms with E-state index >= 15 is 0 Å². The zero-order valence-corrected chi connectivity index (χ0v) is 16.7. The molecule has 2 unspecified atom stereocenters. The van der Waals surface area contributed by atoms with E-state index in [1.54, 1.807) is 7.05 Å². The van der Waals surface area contributed by atoms with E-state index in [1.807, 2.05) is 0 Å². The van der Waals surface area contributed by atoms with E-state index in [2.05, 4.69) is 5.32 Å². The normalized spacial score (nSPS) is 22.2. The maximum atomic E-state index is 14.0. The Kier molecular flexibility index (Phi) is 4.82. The van der Waals surface area contributed by atoms with Gasteiger partial charge in [-0.3, -0.25) is 14.4 Å². The van der Waals surface area contributed by atoms with Gasteiger partial charge in [0.15, 0.2) is 11.4 Å². The summed E-state index contributed by atoms with van der Waals surface area (Å²) < 4.78 is 15.4. The lowest BCUT2D eigenvalue weighted by Crippen LogP contribution is -2.50. The molecule has 1 aliphatic heterocycles. The van der Waals surface area contributed by atoms with Gasteiger partial charge in [-0.05, 0) is 12.5 Å². The van der Waals surface area contributed by atoms with Crippen molar-refractivity contribution in [2.45, 2.75) is 25.0 Å². The molecule has 3 N–H and O–H groups in total. The highest BCUT2D eigenvalue weighted by atomic mass is 35.5. The van der Waals surface area contributed by atoms with Crippen LogP contribution in [0.15, 0.2) is 29.2 Å². The van der Waals surface area contributed by atoms with Gasteiger partial charge in [0.25, 0.3) is 11.8 Å². The number of hydrogen-bond donors (Lipinski definition) is 3. The van der Waals surface area contributed by atoms with Crippen LogP contribution < -0.4 is 10.7 Å². The zero-order valence-electron chi connectivity index (χ0n) is 16.0. The Morgan fingerprint density at radius 3 is 2.80 bits per heavy atom. The summed E-state index contributed by atoms with van der Waals surface area (Å²) in [5.41, 5.74) is -2.03. The summed E-state index contributed by atoms with van der Waals surface area (Å²) in [5, 5.41) is 22.2. The second kappa shape index (κ2) is 7.10. The average Bonchev–Trinajstić information content (AvgIpc) is 3.43. The van der Waals surface area contributed by atoms with Crippen molar-refractivity contribution in [3.63, 3.8) is 0 Å². The highest BCUT2D eigenvalue weighted by Gasteiger charge is 2.61. The highest BCUT2D eigenvalue weighted by molar-refractivity contribution is 6.30. The number of halogens is 2. The van der Waals surface area contributed by atoms with Crippen molar-refractivity contribution in [2.75, 3.05) is 13.7 Å². The monoisotopic (exact) mass is 435 g/mol. The molecule has 2 amide bonds. The zero-order chi connectivity index (χ0) is 21.8. The summed E-state index contributed by atoms with van der Waals surface area (Å²) in [6.45, 7) is -0.0874. The molecule has 1 spiro atoms. The van der Waals surface area contributed by atoms with Gasteiger partial charge >= 0.3 is 0 Å². The maximum absolute atomic E-state index is 14.0. The molecule has 1 fully saturated rings. The van der Waals surface area contributed by atoms with Crippen molar-refractivity contribution in [2.24, 2.45) is 5.92 Å². The van der Waals surface area contributed by atoms with Gasteiger partial charge in [0, 0.05) is 44.4 Å². The minimum absolute atomic E-state index is 0.0935. The fourth-order valence-corrected chi connectivity index (χ4v) is 4.28. The lowest BCUT2D eigenvalue weighted by atomic mass is 10.0. The van der Waals surface area contributed by atoms with E-state index in [1.165, 1.54) is 33.9 Å². The van der Waals surface area contributed by atoms with Gasteiger partial charge < -0.3 is 25.0 Å². The van der Waals surface area contributed by atoms with Gasteiger partial charge in [0.05, 0.1) is 10.6 Å². The SMILES string of the molecule is CN1C(=O)c2c(O)c(=O)c(C(=O)NCc3cccc(Cl)c3F)cn2CC12CC2CO. The Morgan fingerprint density at radius 1 is 1.40 bits per heavy atom. The summed E-state index contributed by atoms with van der Waals surface area (Å²) in [6.07, 6.45) is 1.80. The second-order valence-electron chi connectivity index (χ2n) is 7.64. The van der Waals surface area contributed by atoms with Crippen LogP contribution in [-0.2, 0) is 13.1 Å². The third-order valence-corrected chi connectivity index (χ3v) is 6.30. The first-order chi connectivity index (χ1) is 14.2. The maximum Gasteiger partial charge on any atom is 0.274 e. The van der Waals surface area contributed by atoms with Crippen molar-refractivity contribution in [1.82, 2.24) is 14.8 Å². The molecule has 1 aromatic heterocycles. The molecule has 0 saturated heterocycles. The van der Waals surface area contributed by atoms with Gasteiger partial charge in [-0.15, -0.1) is 0 Å². The summed E-state index contributed by atoms with van der Waals surface area (Å²) in [5.74, 6) is -2.99. The number of benzene rings is 1. The third kappa shape index (κ3) is 2.96. The van der Waals surface area contributed by atoms with E-state index in [0.717, 1.165) is 0 Å². The number of carbonyl (C=O) groups is 2. The number of likely N-dealkylation sites (N-methyl/N-ethyl adjacent to an activating group) is 1. The summed E-state index contributed by atoms with van der Waals surface area (Å²) >= 11 is 5.73. The van der Waals surface area contributed by atoms with E-state index in [9.17, 15) is 29.0 Å². The smallest absolute Gasteiger partial charge is 0.274 e. The molecule has 1 saturated carbocycles. The van der Waals surface area contributed by atoms with Gasteiger partial charge in [-0.25, -0.2) is 4.39 Å². The number of carbonyl (C=O) groups excluding carboxylic acids is 2. The quantitative estimate of drug-likeness (QED) is 0.666. The van der Waals surface area contributed by atoms with Crippen LogP contribution in [0.5, 0.6) is 5.75 Å². The van der Waals surface area contributed by atoms with Crippen molar-refractivity contribution < 1.29 is 24.2 Å². The topological polar surface area (TPSA) is 112 Å². The van der Waals surface area contributed by atoms with E-state index in [4.69, 9.17) is 11.6 Å². The average molecular weight is 436 g/mol. The summed E-state index contributed by atoms with van der Waals surface area (Å²) in [6, 6.07) is 4.35. The van der Waals surface area contributed by atoms with Gasteiger partial charge in [-0.2, -0.15) is 0 Å². The van der Waals surface area contributed by atoms with E-state index < -0.39 is 34.3 Å². The number of nitrogens with one attached hydrogen (secondary N) is 1. The lowest BCUT2D eigenvalue weighted by Gasteiger charge is -2.36. The number of hydrogen-bond acceptors (Lipinski definition) is 5. The summed E-state index contributed by atoms with van der Waals surface area (Å²) in [4.78, 5) is 39.3. The van der Waals surface area contributed by atoms with Crippen LogP contribution >= 0.6 is 11.6 Å². The van der Waals surface area contributed by atoms with Crippen LogP contribution in [0, 0.1) is 11.7 Å². The van der Waals surface area contributed by atoms with Crippen LogP contribution in [-0.4, -0.2) is 50.7 Å². The van der Waals surface area contributed by atoms with Gasteiger partial charge in [0.1, 0.15) is 11.4 Å². The minimum Gasteiger partial charge on any atom is -0.503 e. The Balaban J connectivity index is 1.65. The number of nitrogens with zero attached hydrogens (tertiary/aromatic N) is 2. The van der Waals surface area contributed by atoms with Crippen molar-refractivity contribution in [3.05, 3.63) is 62.3 Å². The van der Waals surface area contributed by atoms with E-state index in [0.29, 0.717) is 6.42 Å². The molecule has 0 radical (unpaired) electrons. The predicted molar refractivity (Wildman–Crippen MR) is 105 cm³/mol. The fraction of sp³-hybridized carbons (Fsp3) is 0.350. The molecule has 4 rings (SSSR count). The van der Waals surface area contributed by atoms with Crippen LogP contribution in [0.25, 0.3) is 0 Å². The molecule has 2 heterocycles. The first-order valence-corrected chi connectivity index (χ1v) is 9.65. The molecular weight excluding hydrogens is 417 g/mol. The molecule has 2 aliphatic rings. The Morgan fingerprint density at radius 2 is 2.13 bits per heavy atom. The van der Waals surface area contributed by atoms with Crippen LogP contribution in [0.4, 0.5) is 4.39 Å². The number of fused-ring (bicyclic) bond motifs is 1. The first-order valence-electron chi connectivity index (χ1n) is 9.27. The molecule has 8 nitrogen and oxygen atoms in total. The Labute approximate surface area is 175 Å². The van der Waals surface area contributed by atoms with Crippen molar-refractivity contribution in [3.8, 4) is 5.75 Å². The highest BCUT2D eigenvalue weighted by Crippen LogP contribution is 2.51. The number of aliphatic hydroxyl groups is 1. The van der Waals surface area contributed by atoms with Crippen LogP contribution in [0.1, 0.15) is 32.8 Å². The number of aliphatic hydroxyl groups excluding tert-OH is 1. The molecule has 10 heteroatoms. The van der Waals surface area contributed by atoms with Gasteiger partial charge in [-0.1, -0.05) is 23.7 Å². The molecule has 2 aromatic rings. The molecular formula is C20H19ClFN3O5. The Bertz CT molecular complexity index is 1130. The summed E-state index contributed by atoms with van der Waals surface area (Å²) in [7, 11) is 1.56. The lowest BCUT2D eigenvalue weighted by molar-refractivity contribution is 0.0569. The molecule has 1 aliphatic carbocycles. The van der Waals surface area contributed by atoms with Crippen LogP contribution in [0.2, 0.25) is 5.02 Å². The minimum atomic E-state index is -0.988. The predicted octanol–water partition coefficient (Wildman–Crippen LogP) is 1.11. The molecule has 30 heavy (non-hydrogen) atoms. The first kappa shape index (κ1) is 20.4. The molecule has 1 aromatic carbocycles. The largest absolute Gasteiger partial charge is 0.503 e. The van der Waals surface area contributed by atoms with Crippen LogP contribution in [0.3, 0.4) is 0 Å². The standard InChI is InChI=1S/C20H19ClFN3O5/c1-24-19(30)15-17(28)16(27)12(7-25(15)9-20(24)5-11(20)8-26)18(29)23-6-10-3-2-4-13(21)14(10)22/h2-4,7,11,26,28H,5-6,8-9H2,1H3,(H,23,29). The van der Waals surface area contributed by atoms with Crippen molar-refractivity contribution in [1.29, 1.82) is 0 Å². The molecule has 158 valence electrons. The third-order valence-electron chi connectivity index (χ3n) is 6.01. The fourth-order valence-electron chi connectivity index (χ4n) is 4.09. The van der Waals surface area contributed by atoms with Gasteiger partial charge in [0.2, 0.25) is 5.43 Å². The molecule has 2 atom stereocenters. The van der Waals surface area contributed by atoms with E-state index in [-0.39, 0.29) is 47.5 Å². The Hall–Kier alpha value is -2.91. The number of pyridine rings is 1.